The van der Waals surface area contributed by atoms with Gasteiger partial charge in [0.05, 0.1) is 12.2 Å². The van der Waals surface area contributed by atoms with Crippen LogP contribution in [0, 0.1) is 0 Å². The number of aliphatic hydroxyl groups is 2. The first-order chi connectivity index (χ1) is 7.59. The topological polar surface area (TPSA) is 81.0 Å². The van der Waals surface area contributed by atoms with Crippen molar-refractivity contribution < 1.29 is 20.1 Å². The lowest BCUT2D eigenvalue weighted by atomic mass is 9.91. The number of carboxylic acid groups (broad SMARTS) is 1. The Morgan fingerprint density at radius 3 is 2.50 bits per heavy atom. The number of likely N-dealkylation sites (tertiary alicyclic amines) is 1. The molecule has 1 saturated heterocycles. The monoisotopic (exact) mass is 229 g/mol. The molecule has 1 heterocycles. The van der Waals surface area contributed by atoms with Gasteiger partial charge in [0.2, 0.25) is 0 Å². The minimum absolute atomic E-state index is 0.0907. The summed E-state index contributed by atoms with van der Waals surface area (Å²) >= 11 is 0. The summed E-state index contributed by atoms with van der Waals surface area (Å²) in [6.07, 6.45) is 2.86. The van der Waals surface area contributed by atoms with E-state index in [1.54, 1.807) is 4.90 Å². The number of nitrogens with zero attached hydrogens (tertiary/aromatic N) is 1. The summed E-state index contributed by atoms with van der Waals surface area (Å²) in [5.41, 5.74) is 0. The lowest BCUT2D eigenvalue weighted by Gasteiger charge is -2.37. The van der Waals surface area contributed by atoms with Gasteiger partial charge in [0.25, 0.3) is 0 Å². The van der Waals surface area contributed by atoms with Gasteiger partial charge in [0, 0.05) is 19.0 Å². The summed E-state index contributed by atoms with van der Waals surface area (Å²) < 4.78 is 0. The van der Waals surface area contributed by atoms with Gasteiger partial charge in [0.15, 0.2) is 0 Å². The molecule has 0 aromatic carbocycles. The van der Waals surface area contributed by atoms with Gasteiger partial charge in [-0.25, -0.2) is 0 Å². The minimum atomic E-state index is -0.894. The molecule has 0 bridgehead atoms. The minimum Gasteiger partial charge on any atom is -0.480 e. The molecule has 2 fully saturated rings. The third kappa shape index (κ3) is 2.21. The Morgan fingerprint density at radius 2 is 1.88 bits per heavy atom. The molecular formula is C11H19NO4. The Morgan fingerprint density at radius 1 is 1.19 bits per heavy atom. The van der Waals surface area contributed by atoms with E-state index < -0.39 is 24.2 Å². The maximum atomic E-state index is 11.1. The van der Waals surface area contributed by atoms with Gasteiger partial charge in [-0.2, -0.15) is 0 Å². The number of hydrogen-bond acceptors (Lipinski definition) is 4. The molecule has 16 heavy (non-hydrogen) atoms. The van der Waals surface area contributed by atoms with Crippen LogP contribution in [0.2, 0.25) is 0 Å². The first-order valence-electron chi connectivity index (χ1n) is 5.94. The van der Waals surface area contributed by atoms with Gasteiger partial charge in [-0.1, -0.05) is 12.8 Å². The SMILES string of the molecule is O=C(O)[C@@H]1CC(O)CN1C1CCCCC1O. The Balaban J connectivity index is 2.08. The van der Waals surface area contributed by atoms with Crippen molar-refractivity contribution in [1.82, 2.24) is 4.90 Å². The second-order valence-electron chi connectivity index (χ2n) is 4.86. The fourth-order valence-electron chi connectivity index (χ4n) is 2.93. The van der Waals surface area contributed by atoms with Crippen LogP contribution in [0.5, 0.6) is 0 Å². The summed E-state index contributed by atoms with van der Waals surface area (Å²) in [5.74, 6) is -0.894. The molecule has 2 rings (SSSR count). The Labute approximate surface area is 94.7 Å². The number of aliphatic hydroxyl groups excluding tert-OH is 2. The molecule has 5 heteroatoms. The van der Waals surface area contributed by atoms with E-state index >= 15 is 0 Å². The van der Waals surface area contributed by atoms with Crippen LogP contribution in [0.25, 0.3) is 0 Å². The van der Waals surface area contributed by atoms with E-state index in [0.717, 1.165) is 25.7 Å². The molecule has 0 aromatic rings. The number of β-amino-alcohol motifs (C(OH)–C–C–N with tert-alkyl or cyclic N) is 1. The van der Waals surface area contributed by atoms with Gasteiger partial charge >= 0.3 is 5.97 Å². The second kappa shape index (κ2) is 4.69. The van der Waals surface area contributed by atoms with E-state index in [1.807, 2.05) is 0 Å². The number of carbonyl (C=O) groups is 1. The van der Waals surface area contributed by atoms with E-state index in [1.165, 1.54) is 0 Å². The summed E-state index contributed by atoms with van der Waals surface area (Å²) in [6.45, 7) is 0.374. The largest absolute Gasteiger partial charge is 0.480 e. The molecular weight excluding hydrogens is 210 g/mol. The summed E-state index contributed by atoms with van der Waals surface area (Å²) in [4.78, 5) is 12.8. The maximum absolute atomic E-state index is 11.1. The normalized spacial score (nSPS) is 41.1. The van der Waals surface area contributed by atoms with Crippen LogP contribution < -0.4 is 0 Å². The van der Waals surface area contributed by atoms with Gasteiger partial charge in [-0.05, 0) is 12.8 Å². The van der Waals surface area contributed by atoms with Gasteiger partial charge < -0.3 is 15.3 Å². The van der Waals surface area contributed by atoms with Crippen LogP contribution >= 0.6 is 0 Å². The Kier molecular flexibility index (Phi) is 3.47. The van der Waals surface area contributed by atoms with Crippen LogP contribution in [0.3, 0.4) is 0 Å². The molecule has 1 saturated carbocycles. The van der Waals surface area contributed by atoms with E-state index in [4.69, 9.17) is 5.11 Å². The average Bonchev–Trinajstić information content (AvgIpc) is 2.61. The number of carboxylic acids is 1. The van der Waals surface area contributed by atoms with Crippen molar-refractivity contribution >= 4 is 5.97 Å². The van der Waals surface area contributed by atoms with Crippen molar-refractivity contribution in [3.63, 3.8) is 0 Å². The van der Waals surface area contributed by atoms with E-state index in [2.05, 4.69) is 0 Å². The highest BCUT2D eigenvalue weighted by Crippen LogP contribution is 2.29. The predicted octanol–water partition coefficient (Wildman–Crippen LogP) is -0.190. The molecule has 3 unspecified atom stereocenters. The van der Waals surface area contributed by atoms with Crippen molar-refractivity contribution in [2.75, 3.05) is 6.54 Å². The summed E-state index contributed by atoms with van der Waals surface area (Å²) in [7, 11) is 0. The number of rotatable bonds is 2. The van der Waals surface area contributed by atoms with Crippen molar-refractivity contribution in [3.8, 4) is 0 Å². The van der Waals surface area contributed by atoms with Crippen LogP contribution in [-0.2, 0) is 4.79 Å². The van der Waals surface area contributed by atoms with Gasteiger partial charge in [0.1, 0.15) is 6.04 Å². The van der Waals surface area contributed by atoms with Crippen molar-refractivity contribution in [1.29, 1.82) is 0 Å². The molecule has 0 aromatic heterocycles. The van der Waals surface area contributed by atoms with Crippen LogP contribution in [0.4, 0.5) is 0 Å². The quantitative estimate of drug-likeness (QED) is 0.611. The maximum Gasteiger partial charge on any atom is 0.321 e. The fraction of sp³-hybridized carbons (Fsp3) is 0.909. The summed E-state index contributed by atoms with van der Waals surface area (Å²) in [5, 5.41) is 28.5. The number of aliphatic carboxylic acids is 1. The highest BCUT2D eigenvalue weighted by molar-refractivity contribution is 5.74. The zero-order valence-corrected chi connectivity index (χ0v) is 9.25. The lowest BCUT2D eigenvalue weighted by molar-refractivity contribution is -0.144. The number of hydrogen-bond donors (Lipinski definition) is 3. The Bertz CT molecular complexity index is 271. The van der Waals surface area contributed by atoms with E-state index in [-0.39, 0.29) is 12.5 Å². The molecule has 0 radical (unpaired) electrons. The third-order valence-electron chi connectivity index (χ3n) is 3.72. The van der Waals surface area contributed by atoms with Crippen LogP contribution in [0.1, 0.15) is 32.1 Å². The summed E-state index contributed by atoms with van der Waals surface area (Å²) in [6, 6.07) is -0.722. The first-order valence-corrected chi connectivity index (χ1v) is 5.94. The molecule has 1 aliphatic heterocycles. The highest BCUT2D eigenvalue weighted by Gasteiger charge is 2.42. The molecule has 3 N–H and O–H groups in total. The molecule has 0 spiro atoms. The molecule has 2 aliphatic rings. The Hall–Kier alpha value is -0.650. The molecule has 4 atom stereocenters. The van der Waals surface area contributed by atoms with E-state index in [0.29, 0.717) is 6.54 Å². The molecule has 0 amide bonds. The lowest BCUT2D eigenvalue weighted by Crippen LogP contribution is -2.50. The molecule has 1 aliphatic carbocycles. The zero-order chi connectivity index (χ0) is 11.7. The van der Waals surface area contributed by atoms with Crippen molar-refractivity contribution in [3.05, 3.63) is 0 Å². The van der Waals surface area contributed by atoms with E-state index in [9.17, 15) is 15.0 Å². The van der Waals surface area contributed by atoms with Crippen molar-refractivity contribution in [2.45, 2.75) is 56.4 Å². The smallest absolute Gasteiger partial charge is 0.321 e. The third-order valence-corrected chi connectivity index (χ3v) is 3.72. The zero-order valence-electron chi connectivity index (χ0n) is 9.25. The van der Waals surface area contributed by atoms with Crippen molar-refractivity contribution in [2.24, 2.45) is 0 Å². The standard InChI is InChI=1S/C11H19NO4/c13-7-5-9(11(15)16)12(6-7)8-3-1-2-4-10(8)14/h7-10,13-14H,1-6H2,(H,15,16)/t7?,8?,9-,10?/m0/s1. The molecule has 92 valence electrons. The fourth-order valence-corrected chi connectivity index (χ4v) is 2.93. The van der Waals surface area contributed by atoms with Gasteiger partial charge in [-0.15, -0.1) is 0 Å². The van der Waals surface area contributed by atoms with Crippen LogP contribution in [0.15, 0.2) is 0 Å². The van der Waals surface area contributed by atoms with Gasteiger partial charge in [-0.3, -0.25) is 9.69 Å². The van der Waals surface area contributed by atoms with Crippen LogP contribution in [-0.4, -0.2) is 57.0 Å². The first kappa shape index (κ1) is 11.8. The average molecular weight is 229 g/mol. The second-order valence-corrected chi connectivity index (χ2v) is 4.86. The predicted molar refractivity (Wildman–Crippen MR) is 57.0 cm³/mol. The highest BCUT2D eigenvalue weighted by atomic mass is 16.4. The molecule has 5 nitrogen and oxygen atoms in total.